The molecular formula is C14H28BrNO. The molecule has 0 bridgehead atoms. The van der Waals surface area contributed by atoms with E-state index in [1.165, 1.54) is 12.8 Å². The lowest BCUT2D eigenvalue weighted by Crippen LogP contribution is -2.60. The van der Waals surface area contributed by atoms with Crippen molar-refractivity contribution in [1.29, 1.82) is 0 Å². The summed E-state index contributed by atoms with van der Waals surface area (Å²) >= 11 is 3.46. The van der Waals surface area contributed by atoms with Crippen LogP contribution in [0.5, 0.6) is 0 Å². The van der Waals surface area contributed by atoms with Crippen LogP contribution < -0.4 is 0 Å². The van der Waals surface area contributed by atoms with E-state index in [0.29, 0.717) is 6.10 Å². The van der Waals surface area contributed by atoms with Gasteiger partial charge in [-0.15, -0.1) is 0 Å². The van der Waals surface area contributed by atoms with Crippen molar-refractivity contribution in [2.75, 3.05) is 19.0 Å². The molecular weight excluding hydrogens is 278 g/mol. The van der Waals surface area contributed by atoms with Crippen molar-refractivity contribution in [3.05, 3.63) is 0 Å². The second-order valence-corrected chi connectivity index (χ2v) is 7.27. The van der Waals surface area contributed by atoms with E-state index < -0.39 is 0 Å². The Hall–Kier alpha value is 0.400. The third-order valence-corrected chi connectivity index (χ3v) is 4.71. The number of hydrogen-bond donors (Lipinski definition) is 0. The van der Waals surface area contributed by atoms with E-state index in [9.17, 15) is 0 Å². The molecule has 0 radical (unpaired) electrons. The second-order valence-electron chi connectivity index (χ2n) is 6.48. The maximum atomic E-state index is 6.06. The average molecular weight is 306 g/mol. The molecule has 1 aliphatic heterocycles. The van der Waals surface area contributed by atoms with Gasteiger partial charge in [0.1, 0.15) is 0 Å². The zero-order valence-electron chi connectivity index (χ0n) is 12.1. The first kappa shape index (κ1) is 15.5. The van der Waals surface area contributed by atoms with Gasteiger partial charge in [0.05, 0.1) is 6.10 Å². The summed E-state index contributed by atoms with van der Waals surface area (Å²) in [6, 6.07) is 0. The molecule has 0 aromatic carbocycles. The highest BCUT2D eigenvalue weighted by molar-refractivity contribution is 9.09. The van der Waals surface area contributed by atoms with Gasteiger partial charge in [-0.1, -0.05) is 15.9 Å². The van der Waals surface area contributed by atoms with E-state index in [2.05, 4.69) is 55.6 Å². The van der Waals surface area contributed by atoms with Crippen LogP contribution in [0.4, 0.5) is 0 Å². The molecule has 0 amide bonds. The van der Waals surface area contributed by atoms with Gasteiger partial charge in [0.2, 0.25) is 0 Å². The quantitative estimate of drug-likeness (QED) is 0.565. The van der Waals surface area contributed by atoms with Gasteiger partial charge in [-0.2, -0.15) is 0 Å². The van der Waals surface area contributed by atoms with E-state index in [-0.39, 0.29) is 11.1 Å². The van der Waals surface area contributed by atoms with Crippen LogP contribution >= 0.6 is 15.9 Å². The summed E-state index contributed by atoms with van der Waals surface area (Å²) < 4.78 is 6.06. The van der Waals surface area contributed by atoms with E-state index in [1.807, 2.05) is 0 Å². The van der Waals surface area contributed by atoms with Crippen LogP contribution in [-0.4, -0.2) is 41.1 Å². The number of unbranched alkanes of at least 4 members (excludes halogenated alkanes) is 1. The first-order valence-electron chi connectivity index (χ1n) is 6.71. The fraction of sp³-hybridized carbons (Fsp3) is 1.00. The lowest BCUT2D eigenvalue weighted by Gasteiger charge is -2.53. The van der Waals surface area contributed by atoms with Gasteiger partial charge in [-0.3, -0.25) is 4.90 Å². The molecule has 2 nitrogen and oxygen atoms in total. The number of rotatable bonds is 5. The normalized spacial score (nSPS) is 25.1. The Morgan fingerprint density at radius 2 is 1.65 bits per heavy atom. The molecule has 3 heteroatoms. The number of hydrogen-bond acceptors (Lipinski definition) is 2. The van der Waals surface area contributed by atoms with E-state index >= 15 is 0 Å². The van der Waals surface area contributed by atoms with Gasteiger partial charge in [-0.25, -0.2) is 0 Å². The van der Waals surface area contributed by atoms with Crippen LogP contribution in [0.3, 0.4) is 0 Å². The highest BCUT2D eigenvalue weighted by Gasteiger charge is 2.43. The van der Waals surface area contributed by atoms with Crippen LogP contribution in [-0.2, 0) is 4.74 Å². The Morgan fingerprint density at radius 3 is 2.12 bits per heavy atom. The molecule has 102 valence electrons. The lowest BCUT2D eigenvalue weighted by atomic mass is 9.79. The highest BCUT2D eigenvalue weighted by Crippen LogP contribution is 2.38. The van der Waals surface area contributed by atoms with E-state index in [1.54, 1.807) is 0 Å². The number of ether oxygens (including phenoxy) is 1. The minimum atomic E-state index is 0.238. The van der Waals surface area contributed by atoms with Gasteiger partial charge >= 0.3 is 0 Å². The summed E-state index contributed by atoms with van der Waals surface area (Å²) in [5.74, 6) is 0. The first-order chi connectivity index (χ1) is 7.79. The van der Waals surface area contributed by atoms with Crippen LogP contribution in [0.25, 0.3) is 0 Å². The van der Waals surface area contributed by atoms with Crippen LogP contribution in [0.2, 0.25) is 0 Å². The number of likely N-dealkylation sites (tertiary alicyclic amines) is 1. The fourth-order valence-electron chi connectivity index (χ4n) is 2.84. The van der Waals surface area contributed by atoms with Crippen molar-refractivity contribution in [2.24, 2.45) is 0 Å². The summed E-state index contributed by atoms with van der Waals surface area (Å²) in [6.45, 7) is 10.2. The summed E-state index contributed by atoms with van der Waals surface area (Å²) in [4.78, 5) is 2.50. The van der Waals surface area contributed by atoms with Crippen molar-refractivity contribution in [2.45, 2.75) is 70.6 Å². The van der Waals surface area contributed by atoms with Crippen molar-refractivity contribution >= 4 is 15.9 Å². The Balaban J connectivity index is 2.48. The smallest absolute Gasteiger partial charge is 0.0610 e. The van der Waals surface area contributed by atoms with Crippen molar-refractivity contribution in [3.63, 3.8) is 0 Å². The minimum absolute atomic E-state index is 0.238. The SMILES string of the molecule is CN1C(C)(C)CC(OCCCCBr)CC1(C)C. The Labute approximate surface area is 115 Å². The standard InChI is InChI=1S/C14H28BrNO/c1-13(2)10-12(17-9-7-6-8-15)11-14(3,4)16(13)5/h12H,6-11H2,1-5H3. The molecule has 0 N–H and O–H groups in total. The van der Waals surface area contributed by atoms with Crippen LogP contribution in [0.1, 0.15) is 53.4 Å². The maximum absolute atomic E-state index is 6.06. The molecule has 0 aromatic rings. The first-order valence-corrected chi connectivity index (χ1v) is 7.83. The Morgan fingerprint density at radius 1 is 1.12 bits per heavy atom. The maximum Gasteiger partial charge on any atom is 0.0610 e. The molecule has 1 rings (SSSR count). The van der Waals surface area contributed by atoms with Gasteiger partial charge in [-0.05, 0) is 60.4 Å². The number of nitrogens with zero attached hydrogens (tertiary/aromatic N) is 1. The molecule has 17 heavy (non-hydrogen) atoms. The van der Waals surface area contributed by atoms with Gasteiger partial charge in [0.15, 0.2) is 0 Å². The summed E-state index contributed by atoms with van der Waals surface area (Å²) in [6.07, 6.45) is 5.08. The molecule has 0 spiro atoms. The summed E-state index contributed by atoms with van der Waals surface area (Å²) in [5.41, 5.74) is 0.476. The number of alkyl halides is 1. The highest BCUT2D eigenvalue weighted by atomic mass is 79.9. The molecule has 1 fully saturated rings. The predicted molar refractivity (Wildman–Crippen MR) is 77.9 cm³/mol. The second kappa shape index (κ2) is 6.03. The summed E-state index contributed by atoms with van der Waals surface area (Å²) in [5, 5.41) is 1.08. The average Bonchev–Trinajstić information content (AvgIpc) is 2.20. The van der Waals surface area contributed by atoms with Gasteiger partial charge in [0.25, 0.3) is 0 Å². The predicted octanol–water partition coefficient (Wildman–Crippen LogP) is 3.83. The van der Waals surface area contributed by atoms with Crippen LogP contribution in [0.15, 0.2) is 0 Å². The topological polar surface area (TPSA) is 12.5 Å². The van der Waals surface area contributed by atoms with E-state index in [4.69, 9.17) is 4.74 Å². The minimum Gasteiger partial charge on any atom is -0.378 e. The summed E-state index contributed by atoms with van der Waals surface area (Å²) in [7, 11) is 2.24. The third kappa shape index (κ3) is 4.22. The Bertz CT molecular complexity index is 222. The van der Waals surface area contributed by atoms with Crippen molar-refractivity contribution < 1.29 is 4.74 Å². The number of halogens is 1. The van der Waals surface area contributed by atoms with Gasteiger partial charge in [0, 0.05) is 23.0 Å². The monoisotopic (exact) mass is 305 g/mol. The van der Waals surface area contributed by atoms with Crippen molar-refractivity contribution in [1.82, 2.24) is 4.90 Å². The number of piperidine rings is 1. The van der Waals surface area contributed by atoms with E-state index in [0.717, 1.165) is 24.8 Å². The van der Waals surface area contributed by atoms with Crippen molar-refractivity contribution in [3.8, 4) is 0 Å². The molecule has 0 atom stereocenters. The zero-order valence-corrected chi connectivity index (χ0v) is 13.6. The fourth-order valence-corrected chi connectivity index (χ4v) is 3.24. The lowest BCUT2D eigenvalue weighted by molar-refractivity contribution is -0.0916. The Kier molecular flexibility index (Phi) is 5.48. The molecule has 0 aliphatic carbocycles. The zero-order chi connectivity index (χ0) is 13.1. The molecule has 1 saturated heterocycles. The molecule has 1 heterocycles. The molecule has 0 unspecified atom stereocenters. The van der Waals surface area contributed by atoms with Crippen LogP contribution in [0, 0.1) is 0 Å². The molecule has 1 aliphatic rings. The third-order valence-electron chi connectivity index (χ3n) is 4.15. The molecule has 0 saturated carbocycles. The molecule has 0 aromatic heterocycles. The largest absolute Gasteiger partial charge is 0.378 e. The van der Waals surface area contributed by atoms with Gasteiger partial charge < -0.3 is 4.74 Å².